The van der Waals surface area contributed by atoms with Crippen molar-refractivity contribution in [2.45, 2.75) is 45.7 Å². The van der Waals surface area contributed by atoms with Gasteiger partial charge in [0.05, 0.1) is 13.2 Å². The molecule has 2 aromatic carbocycles. The molecule has 0 saturated carbocycles. The molecule has 7 heteroatoms. The van der Waals surface area contributed by atoms with Crippen molar-refractivity contribution in [3.8, 4) is 5.75 Å². The molecule has 1 heterocycles. The van der Waals surface area contributed by atoms with E-state index in [1.165, 1.54) is 11.1 Å². The lowest BCUT2D eigenvalue weighted by Gasteiger charge is -2.19. The van der Waals surface area contributed by atoms with Gasteiger partial charge in [0.1, 0.15) is 18.1 Å². The van der Waals surface area contributed by atoms with Gasteiger partial charge in [-0.3, -0.25) is 0 Å². The van der Waals surface area contributed by atoms with Gasteiger partial charge >= 0.3 is 0 Å². The van der Waals surface area contributed by atoms with Gasteiger partial charge in [0, 0.05) is 13.6 Å². The maximum atomic E-state index is 5.23. The van der Waals surface area contributed by atoms with Crippen molar-refractivity contribution in [2.75, 3.05) is 13.7 Å². The fourth-order valence-electron chi connectivity index (χ4n) is 3.37. The third-order valence-electron chi connectivity index (χ3n) is 5.56. The molecule has 3 aromatic rings. The summed E-state index contributed by atoms with van der Waals surface area (Å²) in [4.78, 5) is 4.77. The number of rotatable bonds is 10. The van der Waals surface area contributed by atoms with E-state index in [0.29, 0.717) is 6.54 Å². The monoisotopic (exact) mass is 434 g/mol. The lowest BCUT2D eigenvalue weighted by atomic mass is 10.1. The normalized spacial score (nSPS) is 12.4. The van der Waals surface area contributed by atoms with Gasteiger partial charge in [0.2, 0.25) is 0 Å². The molecule has 0 aliphatic carbocycles. The van der Waals surface area contributed by atoms with E-state index in [1.807, 2.05) is 36.7 Å². The molecule has 0 bridgehead atoms. The van der Waals surface area contributed by atoms with Crippen LogP contribution in [0.5, 0.6) is 5.75 Å². The Labute approximate surface area is 190 Å². The molecule has 2 N–H and O–H groups in total. The number of unbranched alkanes of at least 4 members (excludes halogenated alkanes) is 1. The highest BCUT2D eigenvalue weighted by Crippen LogP contribution is 2.13. The molecule has 0 aliphatic heterocycles. The van der Waals surface area contributed by atoms with Gasteiger partial charge in [-0.05, 0) is 56.4 Å². The molecule has 170 valence electrons. The Morgan fingerprint density at radius 1 is 1.06 bits per heavy atom. The van der Waals surface area contributed by atoms with Crippen LogP contribution >= 0.6 is 0 Å². The van der Waals surface area contributed by atoms with Crippen molar-refractivity contribution < 1.29 is 4.74 Å². The van der Waals surface area contributed by atoms with E-state index in [2.05, 4.69) is 64.2 Å². The molecular weight excluding hydrogens is 400 g/mol. The van der Waals surface area contributed by atoms with Crippen LogP contribution in [0.25, 0.3) is 0 Å². The molecular formula is C25H34N6O. The van der Waals surface area contributed by atoms with E-state index < -0.39 is 0 Å². The van der Waals surface area contributed by atoms with Gasteiger partial charge in [-0.2, -0.15) is 0 Å². The van der Waals surface area contributed by atoms with Crippen molar-refractivity contribution >= 4 is 5.96 Å². The second-order valence-corrected chi connectivity index (χ2v) is 7.90. The first-order valence-electron chi connectivity index (χ1n) is 11.1. The SMILES string of the molecule is COc1ccc(CCCCNC(=NCc2nnc(C)n2C)NC(C)c2ccccc2)cc1. The Kier molecular flexibility index (Phi) is 8.66. The number of aryl methyl sites for hydroxylation is 2. The number of nitrogens with one attached hydrogen (secondary N) is 2. The van der Waals surface area contributed by atoms with Crippen LogP contribution in [0.2, 0.25) is 0 Å². The van der Waals surface area contributed by atoms with Crippen LogP contribution in [0.1, 0.15) is 48.6 Å². The highest BCUT2D eigenvalue weighted by Gasteiger charge is 2.09. The summed E-state index contributed by atoms with van der Waals surface area (Å²) in [5.74, 6) is 3.41. The van der Waals surface area contributed by atoms with Crippen LogP contribution in [0, 0.1) is 6.92 Å². The van der Waals surface area contributed by atoms with E-state index in [-0.39, 0.29) is 6.04 Å². The standard InChI is InChI=1S/C25H34N6O/c1-19(22-11-6-5-7-12-22)28-25(27-18-24-30-29-20(2)31(24)3)26-17-9-8-10-21-13-15-23(32-4)16-14-21/h5-7,11-16,19H,8-10,17-18H2,1-4H3,(H2,26,27,28). The van der Waals surface area contributed by atoms with Crippen LogP contribution in [-0.4, -0.2) is 34.4 Å². The molecule has 3 rings (SSSR count). The number of aliphatic imine (C=N–C) groups is 1. The summed E-state index contributed by atoms with van der Waals surface area (Å²) >= 11 is 0. The minimum Gasteiger partial charge on any atom is -0.497 e. The predicted molar refractivity (Wildman–Crippen MR) is 129 cm³/mol. The molecule has 0 amide bonds. The fourth-order valence-corrected chi connectivity index (χ4v) is 3.37. The van der Waals surface area contributed by atoms with Crippen LogP contribution in [0.3, 0.4) is 0 Å². The highest BCUT2D eigenvalue weighted by atomic mass is 16.5. The zero-order chi connectivity index (χ0) is 22.8. The topological polar surface area (TPSA) is 76.4 Å². The second kappa shape index (κ2) is 11.9. The third kappa shape index (κ3) is 6.83. The Morgan fingerprint density at radius 2 is 1.81 bits per heavy atom. The molecule has 1 unspecified atom stereocenters. The molecule has 32 heavy (non-hydrogen) atoms. The number of hydrogen-bond donors (Lipinski definition) is 2. The van der Waals surface area contributed by atoms with E-state index in [1.54, 1.807) is 7.11 Å². The van der Waals surface area contributed by atoms with Gasteiger partial charge in [-0.15, -0.1) is 10.2 Å². The predicted octanol–water partition coefficient (Wildman–Crippen LogP) is 3.95. The number of nitrogens with zero attached hydrogens (tertiary/aromatic N) is 4. The summed E-state index contributed by atoms with van der Waals surface area (Å²) in [5.41, 5.74) is 2.55. The average molecular weight is 435 g/mol. The van der Waals surface area contributed by atoms with Crippen LogP contribution in [-0.2, 0) is 20.0 Å². The summed E-state index contributed by atoms with van der Waals surface area (Å²) in [6.07, 6.45) is 3.20. The second-order valence-electron chi connectivity index (χ2n) is 7.90. The zero-order valence-electron chi connectivity index (χ0n) is 19.5. The van der Waals surface area contributed by atoms with Crippen LogP contribution < -0.4 is 15.4 Å². The minimum atomic E-state index is 0.142. The van der Waals surface area contributed by atoms with Crippen molar-refractivity contribution in [3.05, 3.63) is 77.4 Å². The van der Waals surface area contributed by atoms with Gasteiger partial charge in [0.15, 0.2) is 11.8 Å². The molecule has 1 atom stereocenters. The van der Waals surface area contributed by atoms with Crippen molar-refractivity contribution in [2.24, 2.45) is 12.0 Å². The fraction of sp³-hybridized carbons (Fsp3) is 0.400. The largest absolute Gasteiger partial charge is 0.497 e. The molecule has 0 fully saturated rings. The maximum Gasteiger partial charge on any atom is 0.192 e. The maximum absolute atomic E-state index is 5.23. The molecule has 0 aliphatic rings. The Morgan fingerprint density at radius 3 is 2.47 bits per heavy atom. The van der Waals surface area contributed by atoms with Gasteiger partial charge in [-0.1, -0.05) is 42.5 Å². The first kappa shape index (κ1) is 23.3. The summed E-state index contributed by atoms with van der Waals surface area (Å²) in [6.45, 7) is 5.40. The third-order valence-corrected chi connectivity index (χ3v) is 5.56. The van der Waals surface area contributed by atoms with Crippen LogP contribution in [0.15, 0.2) is 59.6 Å². The van der Waals surface area contributed by atoms with E-state index in [0.717, 1.165) is 49.2 Å². The van der Waals surface area contributed by atoms with Crippen molar-refractivity contribution in [3.63, 3.8) is 0 Å². The number of benzene rings is 2. The van der Waals surface area contributed by atoms with Gasteiger partial charge in [-0.25, -0.2) is 4.99 Å². The number of methoxy groups -OCH3 is 1. The van der Waals surface area contributed by atoms with Gasteiger partial charge < -0.3 is 19.9 Å². The van der Waals surface area contributed by atoms with Crippen LogP contribution in [0.4, 0.5) is 0 Å². The molecule has 0 spiro atoms. The van der Waals surface area contributed by atoms with E-state index in [4.69, 9.17) is 9.73 Å². The summed E-state index contributed by atoms with van der Waals surface area (Å²) < 4.78 is 7.19. The summed E-state index contributed by atoms with van der Waals surface area (Å²) in [5, 5.41) is 15.3. The Bertz CT molecular complexity index is 981. The molecule has 0 radical (unpaired) electrons. The minimum absolute atomic E-state index is 0.142. The Hall–Kier alpha value is -3.35. The number of hydrogen-bond acceptors (Lipinski definition) is 4. The quantitative estimate of drug-likeness (QED) is 0.287. The van der Waals surface area contributed by atoms with Crippen molar-refractivity contribution in [1.82, 2.24) is 25.4 Å². The number of ether oxygens (including phenoxy) is 1. The number of guanidine groups is 1. The molecule has 7 nitrogen and oxygen atoms in total. The first-order valence-corrected chi connectivity index (χ1v) is 11.1. The lowest BCUT2D eigenvalue weighted by molar-refractivity contribution is 0.414. The lowest BCUT2D eigenvalue weighted by Crippen LogP contribution is -2.39. The first-order chi connectivity index (χ1) is 15.6. The highest BCUT2D eigenvalue weighted by molar-refractivity contribution is 5.80. The zero-order valence-corrected chi connectivity index (χ0v) is 19.5. The Balaban J connectivity index is 1.54. The summed E-state index contributed by atoms with van der Waals surface area (Å²) in [7, 11) is 3.66. The van der Waals surface area contributed by atoms with E-state index >= 15 is 0 Å². The van der Waals surface area contributed by atoms with Crippen molar-refractivity contribution in [1.29, 1.82) is 0 Å². The average Bonchev–Trinajstić information content (AvgIpc) is 3.15. The molecule has 0 saturated heterocycles. The number of aromatic nitrogens is 3. The smallest absolute Gasteiger partial charge is 0.192 e. The van der Waals surface area contributed by atoms with Gasteiger partial charge in [0.25, 0.3) is 0 Å². The molecule has 1 aromatic heterocycles. The van der Waals surface area contributed by atoms with E-state index in [9.17, 15) is 0 Å². The summed E-state index contributed by atoms with van der Waals surface area (Å²) in [6, 6.07) is 18.8.